The predicted molar refractivity (Wildman–Crippen MR) is 107 cm³/mol. The second-order valence-corrected chi connectivity index (χ2v) is 6.64. The minimum atomic E-state index is -0.542. The van der Waals surface area contributed by atoms with E-state index in [1.807, 2.05) is 38.1 Å². The Morgan fingerprint density at radius 2 is 1.93 bits per heavy atom. The summed E-state index contributed by atoms with van der Waals surface area (Å²) in [5.41, 5.74) is 2.10. The van der Waals surface area contributed by atoms with Crippen LogP contribution in [-0.2, 0) is 4.74 Å². The highest BCUT2D eigenvalue weighted by atomic mass is 35.5. The molecule has 0 spiro atoms. The van der Waals surface area contributed by atoms with Gasteiger partial charge in [0.15, 0.2) is 0 Å². The van der Waals surface area contributed by atoms with Crippen LogP contribution >= 0.6 is 11.6 Å². The van der Waals surface area contributed by atoms with Gasteiger partial charge in [0.25, 0.3) is 0 Å². The van der Waals surface area contributed by atoms with Crippen LogP contribution in [-0.4, -0.2) is 36.2 Å². The molecular formula is C20H20ClN3O3. The highest BCUT2D eigenvalue weighted by Crippen LogP contribution is 2.41. The van der Waals surface area contributed by atoms with Gasteiger partial charge in [0.05, 0.1) is 19.7 Å². The number of fused-ring (bicyclic) bond motifs is 1. The number of carbonyl (C=O) groups is 1. The molecule has 3 rings (SSSR count). The number of nitrogens with zero attached hydrogens (tertiary/aromatic N) is 2. The molecule has 140 valence electrons. The lowest BCUT2D eigenvalue weighted by atomic mass is 9.98. The molecule has 2 aromatic carbocycles. The van der Waals surface area contributed by atoms with Crippen LogP contribution in [0.4, 0.5) is 5.95 Å². The molecule has 0 amide bonds. The summed E-state index contributed by atoms with van der Waals surface area (Å²) < 4.78 is 10.6. The molecule has 0 aliphatic rings. The van der Waals surface area contributed by atoms with Crippen LogP contribution in [0.2, 0.25) is 5.02 Å². The Hall–Kier alpha value is -2.86. The van der Waals surface area contributed by atoms with Gasteiger partial charge in [-0.05, 0) is 26.0 Å². The normalized spacial score (nSPS) is 10.9. The lowest BCUT2D eigenvalue weighted by Gasteiger charge is -2.17. The number of nitrogens with one attached hydrogen (secondary N) is 1. The van der Waals surface area contributed by atoms with Gasteiger partial charge >= 0.3 is 5.97 Å². The third kappa shape index (κ3) is 3.66. The summed E-state index contributed by atoms with van der Waals surface area (Å²) in [7, 11) is 2.83. The first-order valence-corrected chi connectivity index (χ1v) is 8.81. The smallest absolute Gasteiger partial charge is 0.343 e. The maximum atomic E-state index is 12.6. The number of hydrogen-bond acceptors (Lipinski definition) is 6. The summed E-state index contributed by atoms with van der Waals surface area (Å²) >= 11 is 6.37. The first kappa shape index (κ1) is 18.9. The van der Waals surface area contributed by atoms with Gasteiger partial charge in [-0.15, -0.1) is 0 Å². The molecule has 27 heavy (non-hydrogen) atoms. The zero-order valence-electron chi connectivity index (χ0n) is 15.5. The van der Waals surface area contributed by atoms with Gasteiger partial charge in [-0.25, -0.2) is 14.8 Å². The minimum absolute atomic E-state index is 0.147. The molecule has 1 aromatic heterocycles. The van der Waals surface area contributed by atoms with Gasteiger partial charge in [-0.2, -0.15) is 0 Å². The highest BCUT2D eigenvalue weighted by molar-refractivity contribution is 6.33. The van der Waals surface area contributed by atoms with E-state index in [-0.39, 0.29) is 11.6 Å². The Morgan fingerprint density at radius 3 is 2.56 bits per heavy atom. The number of carbonyl (C=O) groups excluding carboxylic acids is 1. The molecule has 0 saturated heterocycles. The van der Waals surface area contributed by atoms with E-state index in [4.69, 9.17) is 21.1 Å². The number of esters is 1. The fourth-order valence-corrected chi connectivity index (χ4v) is 3.11. The summed E-state index contributed by atoms with van der Waals surface area (Å²) in [6.07, 6.45) is 1.67. The molecule has 0 saturated carbocycles. The van der Waals surface area contributed by atoms with Crippen molar-refractivity contribution in [2.75, 3.05) is 19.5 Å². The van der Waals surface area contributed by atoms with Crippen LogP contribution < -0.4 is 10.1 Å². The quantitative estimate of drug-likeness (QED) is 0.649. The molecule has 0 bridgehead atoms. The fraction of sp³-hybridized carbons (Fsp3) is 0.250. The molecule has 3 aromatic rings. The van der Waals surface area contributed by atoms with Gasteiger partial charge in [0, 0.05) is 33.8 Å². The van der Waals surface area contributed by atoms with Crippen molar-refractivity contribution in [3.8, 4) is 16.9 Å². The Kier molecular flexibility index (Phi) is 5.46. The van der Waals surface area contributed by atoms with Crippen molar-refractivity contribution in [1.82, 2.24) is 9.97 Å². The summed E-state index contributed by atoms with van der Waals surface area (Å²) in [6, 6.07) is 9.37. The van der Waals surface area contributed by atoms with Crippen LogP contribution in [0, 0.1) is 0 Å². The number of anilines is 1. The molecule has 6 nitrogen and oxygen atoms in total. The van der Waals surface area contributed by atoms with Crippen molar-refractivity contribution in [3.63, 3.8) is 0 Å². The van der Waals surface area contributed by atoms with Crippen molar-refractivity contribution >= 4 is 34.4 Å². The maximum Gasteiger partial charge on any atom is 0.343 e. The van der Waals surface area contributed by atoms with E-state index in [9.17, 15) is 4.79 Å². The Morgan fingerprint density at radius 1 is 1.19 bits per heavy atom. The molecule has 7 heteroatoms. The molecule has 1 N–H and O–H groups in total. The van der Waals surface area contributed by atoms with E-state index >= 15 is 0 Å². The first-order chi connectivity index (χ1) is 13.0. The Bertz CT molecular complexity index is 1010. The SMILES string of the molecule is COC(=O)c1c(OC)c(-c2ccccc2Cl)cc2cnc(NC(C)C)nc12. The maximum absolute atomic E-state index is 12.6. The van der Waals surface area contributed by atoms with Crippen molar-refractivity contribution < 1.29 is 14.3 Å². The molecule has 0 aliphatic heterocycles. The third-order valence-corrected chi connectivity index (χ3v) is 4.33. The van der Waals surface area contributed by atoms with Crippen LogP contribution in [0.25, 0.3) is 22.0 Å². The van der Waals surface area contributed by atoms with Gasteiger partial charge in [0.1, 0.15) is 11.3 Å². The summed E-state index contributed by atoms with van der Waals surface area (Å²) in [5, 5.41) is 4.36. The number of rotatable bonds is 5. The lowest BCUT2D eigenvalue weighted by Crippen LogP contribution is -2.13. The number of ether oxygens (including phenoxy) is 2. The summed E-state index contributed by atoms with van der Waals surface area (Å²) in [6.45, 7) is 3.96. The van der Waals surface area contributed by atoms with Crippen LogP contribution in [0.3, 0.4) is 0 Å². The summed E-state index contributed by atoms with van der Waals surface area (Å²) in [4.78, 5) is 21.4. The van der Waals surface area contributed by atoms with Crippen molar-refractivity contribution in [3.05, 3.63) is 47.1 Å². The van der Waals surface area contributed by atoms with Gasteiger partial charge < -0.3 is 14.8 Å². The Labute approximate surface area is 162 Å². The first-order valence-electron chi connectivity index (χ1n) is 8.43. The van der Waals surface area contributed by atoms with E-state index in [0.29, 0.717) is 33.2 Å². The van der Waals surface area contributed by atoms with E-state index in [2.05, 4.69) is 15.3 Å². The number of halogens is 1. The highest BCUT2D eigenvalue weighted by Gasteiger charge is 2.24. The second-order valence-electron chi connectivity index (χ2n) is 6.23. The molecule has 0 radical (unpaired) electrons. The van der Waals surface area contributed by atoms with Crippen LogP contribution in [0.15, 0.2) is 36.5 Å². The van der Waals surface area contributed by atoms with E-state index in [1.54, 1.807) is 12.3 Å². The zero-order chi connectivity index (χ0) is 19.6. The third-order valence-electron chi connectivity index (χ3n) is 4.00. The standard InChI is InChI=1S/C20H20ClN3O3/c1-11(2)23-20-22-10-12-9-14(13-7-5-6-8-15(13)21)18(26-3)16(17(12)24-20)19(25)27-4/h5-11H,1-4H3,(H,22,23,24). The number of aromatic nitrogens is 2. The molecule has 0 aliphatic carbocycles. The number of hydrogen-bond donors (Lipinski definition) is 1. The Balaban J connectivity index is 2.36. The van der Waals surface area contributed by atoms with Gasteiger partial charge in [0.2, 0.25) is 5.95 Å². The van der Waals surface area contributed by atoms with E-state index < -0.39 is 5.97 Å². The van der Waals surface area contributed by atoms with Gasteiger partial charge in [-0.1, -0.05) is 29.8 Å². The molecule has 1 heterocycles. The van der Waals surface area contributed by atoms with Gasteiger partial charge in [-0.3, -0.25) is 0 Å². The van der Waals surface area contributed by atoms with Crippen molar-refractivity contribution in [2.45, 2.75) is 19.9 Å². The largest absolute Gasteiger partial charge is 0.495 e. The van der Waals surface area contributed by atoms with Crippen molar-refractivity contribution in [2.24, 2.45) is 0 Å². The van der Waals surface area contributed by atoms with E-state index in [1.165, 1.54) is 14.2 Å². The predicted octanol–water partition coefficient (Wildman–Crippen LogP) is 4.57. The molecule has 0 atom stereocenters. The fourth-order valence-electron chi connectivity index (χ4n) is 2.87. The monoisotopic (exact) mass is 385 g/mol. The summed E-state index contributed by atoms with van der Waals surface area (Å²) in [5.74, 6) is 0.242. The van der Waals surface area contributed by atoms with Crippen LogP contribution in [0.1, 0.15) is 24.2 Å². The lowest BCUT2D eigenvalue weighted by molar-refractivity contribution is 0.0599. The second kappa shape index (κ2) is 7.80. The number of methoxy groups -OCH3 is 2. The average Bonchev–Trinajstić information content (AvgIpc) is 2.65. The van der Waals surface area contributed by atoms with Crippen LogP contribution in [0.5, 0.6) is 5.75 Å². The van der Waals surface area contributed by atoms with E-state index in [0.717, 1.165) is 5.56 Å². The van der Waals surface area contributed by atoms with Crippen molar-refractivity contribution in [1.29, 1.82) is 0 Å². The number of benzene rings is 2. The minimum Gasteiger partial charge on any atom is -0.495 e. The molecule has 0 unspecified atom stereocenters. The average molecular weight is 386 g/mol. The molecule has 0 fully saturated rings. The zero-order valence-corrected chi connectivity index (χ0v) is 16.3. The topological polar surface area (TPSA) is 73.3 Å². The molecular weight excluding hydrogens is 366 g/mol.